The number of aromatic carboxylic acids is 1. The highest BCUT2D eigenvalue weighted by Gasteiger charge is 2.24. The maximum atomic E-state index is 12.4. The number of carbonyl (C=O) groups is 2. The molecule has 1 aromatic rings. The smallest absolute Gasteiger partial charge is 0.354 e. The Morgan fingerprint density at radius 2 is 2.09 bits per heavy atom. The van der Waals surface area contributed by atoms with Crippen LogP contribution in [0.15, 0.2) is 18.3 Å². The molecule has 0 aromatic carbocycles. The fourth-order valence-electron chi connectivity index (χ4n) is 2.42. The Kier molecular flexibility index (Phi) is 5.49. The number of carboxylic acid groups (broad SMARTS) is 1. The highest BCUT2D eigenvalue weighted by atomic mass is 16.5. The molecule has 22 heavy (non-hydrogen) atoms. The molecule has 1 aliphatic heterocycles. The van der Waals surface area contributed by atoms with Crippen LogP contribution >= 0.6 is 0 Å². The van der Waals surface area contributed by atoms with Gasteiger partial charge < -0.3 is 14.7 Å². The van der Waals surface area contributed by atoms with E-state index in [1.54, 1.807) is 11.0 Å². The predicted molar refractivity (Wildman–Crippen MR) is 80.9 cm³/mol. The zero-order valence-electron chi connectivity index (χ0n) is 13.0. The summed E-state index contributed by atoms with van der Waals surface area (Å²) >= 11 is 0. The molecular formula is C16H22N2O4. The fourth-order valence-corrected chi connectivity index (χ4v) is 2.42. The first-order valence-corrected chi connectivity index (χ1v) is 7.57. The number of piperidine rings is 1. The lowest BCUT2D eigenvalue weighted by molar-refractivity contribution is -0.00231. The molecule has 0 radical (unpaired) electrons. The zero-order valence-corrected chi connectivity index (χ0v) is 13.0. The highest BCUT2D eigenvalue weighted by Crippen LogP contribution is 2.17. The van der Waals surface area contributed by atoms with Crippen molar-refractivity contribution in [1.82, 2.24) is 9.88 Å². The average Bonchev–Trinajstić information content (AvgIpc) is 2.53. The summed E-state index contributed by atoms with van der Waals surface area (Å²) in [6.45, 7) is 6.23. The summed E-state index contributed by atoms with van der Waals surface area (Å²) in [5.41, 5.74) is 0.259. The molecule has 1 amide bonds. The van der Waals surface area contributed by atoms with Crippen molar-refractivity contribution >= 4 is 11.9 Å². The van der Waals surface area contributed by atoms with Crippen LogP contribution in [0.4, 0.5) is 0 Å². The second-order valence-electron chi connectivity index (χ2n) is 5.95. The van der Waals surface area contributed by atoms with E-state index in [0.29, 0.717) is 24.6 Å². The number of carboxylic acids is 1. The van der Waals surface area contributed by atoms with Crippen molar-refractivity contribution in [1.29, 1.82) is 0 Å². The lowest BCUT2D eigenvalue weighted by Gasteiger charge is -2.32. The lowest BCUT2D eigenvalue weighted by atomic mass is 10.1. The van der Waals surface area contributed by atoms with Crippen LogP contribution in [-0.2, 0) is 4.74 Å². The first-order valence-electron chi connectivity index (χ1n) is 7.57. The van der Waals surface area contributed by atoms with Gasteiger partial charge >= 0.3 is 5.97 Å². The molecule has 6 nitrogen and oxygen atoms in total. The van der Waals surface area contributed by atoms with Gasteiger partial charge in [0.1, 0.15) is 5.69 Å². The number of hydrogen-bond acceptors (Lipinski definition) is 4. The zero-order chi connectivity index (χ0) is 16.1. The van der Waals surface area contributed by atoms with Crippen molar-refractivity contribution in [3.8, 4) is 0 Å². The van der Waals surface area contributed by atoms with Crippen LogP contribution in [0.5, 0.6) is 0 Å². The van der Waals surface area contributed by atoms with Crippen LogP contribution in [0.25, 0.3) is 0 Å². The summed E-state index contributed by atoms with van der Waals surface area (Å²) in [6, 6.07) is 2.88. The quantitative estimate of drug-likeness (QED) is 0.900. The number of carbonyl (C=O) groups excluding carboxylic acids is 1. The van der Waals surface area contributed by atoms with Gasteiger partial charge in [-0.05, 0) is 30.9 Å². The van der Waals surface area contributed by atoms with Crippen LogP contribution in [-0.4, -0.2) is 52.7 Å². The molecule has 0 spiro atoms. The molecular weight excluding hydrogens is 284 g/mol. The van der Waals surface area contributed by atoms with E-state index in [2.05, 4.69) is 18.8 Å². The summed E-state index contributed by atoms with van der Waals surface area (Å²) in [7, 11) is 0. The van der Waals surface area contributed by atoms with Crippen LogP contribution < -0.4 is 0 Å². The van der Waals surface area contributed by atoms with Gasteiger partial charge in [-0.3, -0.25) is 4.79 Å². The number of hydrogen-bond donors (Lipinski definition) is 1. The van der Waals surface area contributed by atoms with E-state index in [4.69, 9.17) is 9.84 Å². The number of pyridine rings is 1. The van der Waals surface area contributed by atoms with Crippen molar-refractivity contribution in [2.75, 3.05) is 19.7 Å². The molecule has 0 bridgehead atoms. The van der Waals surface area contributed by atoms with Gasteiger partial charge in [0.2, 0.25) is 0 Å². The van der Waals surface area contributed by atoms with E-state index in [9.17, 15) is 9.59 Å². The minimum atomic E-state index is -1.13. The number of nitrogens with zero attached hydrogens (tertiary/aromatic N) is 2. The molecule has 1 aromatic heterocycles. The molecule has 2 heterocycles. The van der Waals surface area contributed by atoms with E-state index in [1.807, 2.05) is 0 Å². The first kappa shape index (κ1) is 16.4. The highest BCUT2D eigenvalue weighted by molar-refractivity contribution is 5.96. The Bertz CT molecular complexity index is 537. The minimum absolute atomic E-state index is 0.110. The van der Waals surface area contributed by atoms with Gasteiger partial charge in [-0.15, -0.1) is 0 Å². The Morgan fingerprint density at radius 3 is 2.68 bits per heavy atom. The summed E-state index contributed by atoms with van der Waals surface area (Å²) in [6.07, 6.45) is 3.19. The molecule has 0 unspecified atom stereocenters. The van der Waals surface area contributed by atoms with Gasteiger partial charge in [0, 0.05) is 31.5 Å². The third-order valence-electron chi connectivity index (χ3n) is 3.62. The summed E-state index contributed by atoms with van der Waals surface area (Å²) in [4.78, 5) is 28.8. The molecule has 1 saturated heterocycles. The summed E-state index contributed by atoms with van der Waals surface area (Å²) < 4.78 is 5.80. The monoisotopic (exact) mass is 306 g/mol. The second kappa shape index (κ2) is 7.35. The summed E-state index contributed by atoms with van der Waals surface area (Å²) in [5, 5.41) is 8.94. The van der Waals surface area contributed by atoms with E-state index >= 15 is 0 Å². The third-order valence-corrected chi connectivity index (χ3v) is 3.62. The van der Waals surface area contributed by atoms with Crippen molar-refractivity contribution in [2.45, 2.75) is 32.8 Å². The molecule has 1 aliphatic rings. The van der Waals surface area contributed by atoms with E-state index in [0.717, 1.165) is 19.4 Å². The van der Waals surface area contributed by atoms with Gasteiger partial charge in [0.15, 0.2) is 0 Å². The maximum Gasteiger partial charge on any atom is 0.354 e. The standard InChI is InChI=1S/C16H22N2O4/c1-11(2)10-22-13-4-7-18(8-5-13)15(19)12-3-6-17-14(9-12)16(20)21/h3,6,9,11,13H,4-5,7-8,10H2,1-2H3,(H,20,21). The van der Waals surface area contributed by atoms with Crippen LogP contribution in [0, 0.1) is 5.92 Å². The summed E-state index contributed by atoms with van der Waals surface area (Å²) in [5.74, 6) is -0.770. The molecule has 0 aliphatic carbocycles. The minimum Gasteiger partial charge on any atom is -0.477 e. The Morgan fingerprint density at radius 1 is 1.41 bits per heavy atom. The fraction of sp³-hybridized carbons (Fsp3) is 0.562. The molecule has 1 fully saturated rings. The largest absolute Gasteiger partial charge is 0.477 e. The SMILES string of the molecule is CC(C)COC1CCN(C(=O)c2ccnc(C(=O)O)c2)CC1. The number of likely N-dealkylation sites (tertiary alicyclic amines) is 1. The number of ether oxygens (including phenoxy) is 1. The van der Waals surface area contributed by atoms with Crippen LogP contribution in [0.2, 0.25) is 0 Å². The molecule has 0 saturated carbocycles. The molecule has 120 valence electrons. The van der Waals surface area contributed by atoms with Gasteiger partial charge in [0.05, 0.1) is 6.10 Å². The van der Waals surface area contributed by atoms with Crippen molar-refractivity contribution in [2.24, 2.45) is 5.92 Å². The molecule has 0 atom stereocenters. The molecule has 1 N–H and O–H groups in total. The number of aromatic nitrogens is 1. The van der Waals surface area contributed by atoms with Gasteiger partial charge in [-0.1, -0.05) is 13.8 Å². The topological polar surface area (TPSA) is 79.7 Å². The van der Waals surface area contributed by atoms with Gasteiger partial charge in [0.25, 0.3) is 5.91 Å². The number of amides is 1. The van der Waals surface area contributed by atoms with Crippen molar-refractivity contribution in [3.05, 3.63) is 29.6 Å². The van der Waals surface area contributed by atoms with E-state index < -0.39 is 5.97 Å². The third kappa shape index (κ3) is 4.27. The normalized spacial score (nSPS) is 16.0. The van der Waals surface area contributed by atoms with Gasteiger partial charge in [-0.25, -0.2) is 9.78 Å². The van der Waals surface area contributed by atoms with Crippen molar-refractivity contribution in [3.63, 3.8) is 0 Å². The van der Waals surface area contributed by atoms with Gasteiger partial charge in [-0.2, -0.15) is 0 Å². The number of rotatable bonds is 5. The lowest BCUT2D eigenvalue weighted by Crippen LogP contribution is -2.41. The average molecular weight is 306 g/mol. The maximum absolute atomic E-state index is 12.4. The van der Waals surface area contributed by atoms with Crippen LogP contribution in [0.1, 0.15) is 47.5 Å². The Labute approximate surface area is 130 Å². The molecule has 2 rings (SSSR count). The first-order chi connectivity index (χ1) is 10.5. The molecule has 6 heteroatoms. The van der Waals surface area contributed by atoms with Crippen LogP contribution in [0.3, 0.4) is 0 Å². The second-order valence-corrected chi connectivity index (χ2v) is 5.95. The van der Waals surface area contributed by atoms with E-state index in [1.165, 1.54) is 12.3 Å². The Hall–Kier alpha value is -1.95. The Balaban J connectivity index is 1.92. The predicted octanol–water partition coefficient (Wildman–Crippen LogP) is 2.06. The van der Waals surface area contributed by atoms with Crippen molar-refractivity contribution < 1.29 is 19.4 Å². The van der Waals surface area contributed by atoms with E-state index in [-0.39, 0.29) is 17.7 Å².